The second-order valence-electron chi connectivity index (χ2n) is 7.61. The van der Waals surface area contributed by atoms with Gasteiger partial charge in [-0.1, -0.05) is 0 Å². The summed E-state index contributed by atoms with van der Waals surface area (Å²) in [6.07, 6.45) is 1.21. The van der Waals surface area contributed by atoms with Gasteiger partial charge in [0.25, 0.3) is 5.56 Å². The second-order valence-corrected chi connectivity index (χ2v) is 7.61. The van der Waals surface area contributed by atoms with Gasteiger partial charge in [-0.3, -0.25) is 14.6 Å². The Morgan fingerprint density at radius 1 is 1.25 bits per heavy atom. The van der Waals surface area contributed by atoms with Crippen LogP contribution in [0.1, 0.15) is 31.1 Å². The molecule has 0 unspecified atom stereocenters. The van der Waals surface area contributed by atoms with Gasteiger partial charge in [0.15, 0.2) is 0 Å². The van der Waals surface area contributed by atoms with Gasteiger partial charge in [0.1, 0.15) is 23.5 Å². The summed E-state index contributed by atoms with van der Waals surface area (Å²) in [7, 11) is 0. The van der Waals surface area contributed by atoms with Crippen molar-refractivity contribution in [3.05, 3.63) is 74.4 Å². The van der Waals surface area contributed by atoms with E-state index in [9.17, 15) is 27.6 Å². The number of fused-ring (bicyclic) bond motifs is 1. The van der Waals surface area contributed by atoms with E-state index in [1.54, 1.807) is 0 Å². The molecule has 3 heterocycles. The van der Waals surface area contributed by atoms with Gasteiger partial charge in [-0.25, -0.2) is 22.5 Å². The Hall–Kier alpha value is -3.47. The van der Waals surface area contributed by atoms with E-state index in [0.717, 1.165) is 22.9 Å². The molecule has 32 heavy (non-hydrogen) atoms. The van der Waals surface area contributed by atoms with Crippen LogP contribution < -0.4 is 16.6 Å². The highest BCUT2D eigenvalue weighted by Gasteiger charge is 2.36. The highest BCUT2D eigenvalue weighted by Crippen LogP contribution is 2.26. The number of pyridine rings is 1. The van der Waals surface area contributed by atoms with E-state index in [-0.39, 0.29) is 23.2 Å². The van der Waals surface area contributed by atoms with Crippen LogP contribution in [0.5, 0.6) is 0 Å². The molecule has 1 aliphatic rings. The molecule has 1 aliphatic heterocycles. The number of amides is 1. The summed E-state index contributed by atoms with van der Waals surface area (Å²) in [6.45, 7) is 1.88. The molecule has 0 bridgehead atoms. The molecule has 0 saturated carbocycles. The summed E-state index contributed by atoms with van der Waals surface area (Å²) < 4.78 is 47.1. The minimum absolute atomic E-state index is 0.0967. The lowest BCUT2D eigenvalue weighted by atomic mass is 9.97. The van der Waals surface area contributed by atoms with Crippen molar-refractivity contribution in [3.63, 3.8) is 0 Å². The molecular formula is C21H19F3N4O4. The molecule has 1 fully saturated rings. The van der Waals surface area contributed by atoms with E-state index in [0.29, 0.717) is 19.1 Å². The van der Waals surface area contributed by atoms with Gasteiger partial charge in [0, 0.05) is 18.6 Å². The summed E-state index contributed by atoms with van der Waals surface area (Å²) in [5, 5.41) is 2.44. The van der Waals surface area contributed by atoms with Crippen molar-refractivity contribution in [1.29, 1.82) is 0 Å². The zero-order valence-corrected chi connectivity index (χ0v) is 16.9. The van der Waals surface area contributed by atoms with Crippen LogP contribution in [0.2, 0.25) is 0 Å². The standard InChI is InChI=1S/C21H19F3N4O4/c1-10(17-15(24)7-13(23)8-25-17)26-19(29)18(11-4-5-32-9-11)28-20(30)14-6-12(22)2-3-16(14)27-21(28)31/h2-3,6-8,10-11,18H,4-5,9H2,1H3,(H,26,29)(H,27,31)/t10-,11-,18+/m1/s1. The first-order chi connectivity index (χ1) is 15.3. The Morgan fingerprint density at radius 2 is 2.03 bits per heavy atom. The smallest absolute Gasteiger partial charge is 0.329 e. The van der Waals surface area contributed by atoms with E-state index in [4.69, 9.17) is 4.74 Å². The monoisotopic (exact) mass is 448 g/mol. The zero-order chi connectivity index (χ0) is 23.0. The summed E-state index contributed by atoms with van der Waals surface area (Å²) in [5.74, 6) is -3.77. The minimum Gasteiger partial charge on any atom is -0.381 e. The number of nitrogens with zero attached hydrogens (tertiary/aromatic N) is 2. The maximum atomic E-state index is 14.1. The molecule has 1 aromatic carbocycles. The Morgan fingerprint density at radius 3 is 2.72 bits per heavy atom. The molecule has 11 heteroatoms. The fraction of sp³-hybridized carbons (Fsp3) is 0.333. The largest absolute Gasteiger partial charge is 0.381 e. The van der Waals surface area contributed by atoms with Gasteiger partial charge in [0.2, 0.25) is 5.91 Å². The molecule has 1 saturated heterocycles. The third-order valence-corrected chi connectivity index (χ3v) is 5.45. The van der Waals surface area contributed by atoms with Gasteiger partial charge in [-0.2, -0.15) is 0 Å². The van der Waals surface area contributed by atoms with E-state index >= 15 is 0 Å². The van der Waals surface area contributed by atoms with Crippen LogP contribution in [-0.4, -0.2) is 33.7 Å². The van der Waals surface area contributed by atoms with Crippen molar-refractivity contribution in [1.82, 2.24) is 19.9 Å². The molecule has 168 valence electrons. The number of benzene rings is 1. The molecule has 2 N–H and O–H groups in total. The molecule has 2 aromatic heterocycles. The van der Waals surface area contributed by atoms with Crippen LogP contribution in [0.25, 0.3) is 10.9 Å². The number of aromatic amines is 1. The summed E-state index contributed by atoms with van der Waals surface area (Å²) >= 11 is 0. The zero-order valence-electron chi connectivity index (χ0n) is 16.9. The van der Waals surface area contributed by atoms with E-state index in [1.807, 2.05) is 0 Å². The Bertz CT molecular complexity index is 1300. The van der Waals surface area contributed by atoms with Gasteiger partial charge in [0.05, 0.1) is 35.4 Å². The topological polar surface area (TPSA) is 106 Å². The van der Waals surface area contributed by atoms with Crippen molar-refractivity contribution in [2.45, 2.75) is 25.4 Å². The lowest BCUT2D eigenvalue weighted by molar-refractivity contribution is -0.126. The average Bonchev–Trinajstić information content (AvgIpc) is 3.25. The van der Waals surface area contributed by atoms with Crippen molar-refractivity contribution >= 4 is 16.8 Å². The molecular weight excluding hydrogens is 429 g/mol. The predicted molar refractivity (Wildman–Crippen MR) is 107 cm³/mol. The molecule has 0 aliphatic carbocycles. The molecule has 4 rings (SSSR count). The number of carbonyl (C=O) groups is 1. The number of rotatable bonds is 5. The Kier molecular flexibility index (Phi) is 5.83. The lowest BCUT2D eigenvalue weighted by Gasteiger charge is -2.25. The van der Waals surface area contributed by atoms with Gasteiger partial charge >= 0.3 is 5.69 Å². The lowest BCUT2D eigenvalue weighted by Crippen LogP contribution is -2.48. The number of H-pyrrole nitrogens is 1. The van der Waals surface area contributed by atoms with E-state index < -0.39 is 52.6 Å². The second kappa shape index (κ2) is 8.58. The molecule has 3 aromatic rings. The molecule has 8 nitrogen and oxygen atoms in total. The number of aromatic nitrogens is 3. The van der Waals surface area contributed by atoms with Crippen LogP contribution >= 0.6 is 0 Å². The number of halogens is 3. The molecule has 1 amide bonds. The van der Waals surface area contributed by atoms with E-state index in [2.05, 4.69) is 15.3 Å². The van der Waals surface area contributed by atoms with Crippen molar-refractivity contribution in [2.24, 2.45) is 5.92 Å². The van der Waals surface area contributed by atoms with Gasteiger partial charge in [-0.15, -0.1) is 0 Å². The highest BCUT2D eigenvalue weighted by atomic mass is 19.1. The van der Waals surface area contributed by atoms with E-state index in [1.165, 1.54) is 13.0 Å². The summed E-state index contributed by atoms with van der Waals surface area (Å²) in [6, 6.07) is 1.69. The van der Waals surface area contributed by atoms with Crippen LogP contribution in [0.4, 0.5) is 13.2 Å². The average molecular weight is 448 g/mol. The predicted octanol–water partition coefficient (Wildman–Crippen LogP) is 1.96. The quantitative estimate of drug-likeness (QED) is 0.621. The van der Waals surface area contributed by atoms with Gasteiger partial charge in [-0.05, 0) is 31.5 Å². The minimum atomic E-state index is -1.30. The fourth-order valence-electron chi connectivity index (χ4n) is 3.91. The van der Waals surface area contributed by atoms with Crippen molar-refractivity contribution in [3.8, 4) is 0 Å². The van der Waals surface area contributed by atoms with Gasteiger partial charge < -0.3 is 15.0 Å². The first-order valence-electron chi connectivity index (χ1n) is 9.89. The Labute approximate surface area is 179 Å². The molecule has 3 atom stereocenters. The van der Waals surface area contributed by atoms with Crippen molar-refractivity contribution < 1.29 is 22.7 Å². The number of hydrogen-bond acceptors (Lipinski definition) is 5. The third-order valence-electron chi connectivity index (χ3n) is 5.45. The molecule has 0 radical (unpaired) electrons. The number of nitrogens with one attached hydrogen (secondary N) is 2. The van der Waals surface area contributed by atoms with Crippen LogP contribution in [0.15, 0.2) is 40.1 Å². The first kappa shape index (κ1) is 21.8. The number of carbonyl (C=O) groups excluding carboxylic acids is 1. The van der Waals surface area contributed by atoms with Crippen LogP contribution in [0.3, 0.4) is 0 Å². The van der Waals surface area contributed by atoms with Crippen LogP contribution in [0, 0.1) is 23.4 Å². The normalized spacial score (nSPS) is 17.9. The molecule has 0 spiro atoms. The van der Waals surface area contributed by atoms with Crippen LogP contribution in [-0.2, 0) is 9.53 Å². The Balaban J connectivity index is 1.76. The first-order valence-corrected chi connectivity index (χ1v) is 9.89. The number of ether oxygens (including phenoxy) is 1. The SMILES string of the molecule is C[C@@H](NC(=O)[C@H]([C@@H]1CCOC1)n1c(=O)[nH]c2ccc(F)cc2c1=O)c1ncc(F)cc1F. The third kappa shape index (κ3) is 4.03. The number of hydrogen-bond donors (Lipinski definition) is 2. The maximum Gasteiger partial charge on any atom is 0.329 e. The van der Waals surface area contributed by atoms with Crippen molar-refractivity contribution in [2.75, 3.05) is 13.2 Å². The summed E-state index contributed by atoms with van der Waals surface area (Å²) in [5.41, 5.74) is -1.76. The fourth-order valence-corrected chi connectivity index (χ4v) is 3.91. The summed E-state index contributed by atoms with van der Waals surface area (Å²) in [4.78, 5) is 45.3. The highest BCUT2D eigenvalue weighted by molar-refractivity contribution is 5.82. The maximum absolute atomic E-state index is 14.1.